The van der Waals surface area contributed by atoms with Gasteiger partial charge in [-0.2, -0.15) is 0 Å². The molecule has 0 aromatic heterocycles. The number of hydrogen-bond donors (Lipinski definition) is 1. The van der Waals surface area contributed by atoms with Gasteiger partial charge in [0.25, 0.3) is 0 Å². The van der Waals surface area contributed by atoms with Crippen molar-refractivity contribution in [2.75, 3.05) is 7.05 Å². The lowest BCUT2D eigenvalue weighted by Crippen LogP contribution is -2.18. The Morgan fingerprint density at radius 1 is 1.50 bits per heavy atom. The molecule has 1 aromatic rings. The monoisotopic (exact) mass is 237 g/mol. The third kappa shape index (κ3) is 2.23. The van der Waals surface area contributed by atoms with Gasteiger partial charge in [-0.05, 0) is 25.2 Å². The van der Waals surface area contributed by atoms with Gasteiger partial charge in [-0.25, -0.2) is 17.5 Å². The van der Waals surface area contributed by atoms with Crippen LogP contribution in [0.25, 0.3) is 0 Å². The van der Waals surface area contributed by atoms with E-state index in [1.165, 1.54) is 19.2 Å². The average Bonchev–Trinajstić information content (AvgIpc) is 2.18. The Hall–Kier alpha value is -0.650. The second kappa shape index (κ2) is 4.25. The second-order valence-electron chi connectivity index (χ2n) is 2.59. The van der Waals surface area contributed by atoms with Gasteiger partial charge in [0.15, 0.2) is 0 Å². The number of rotatable bonds is 3. The number of hydrogen-bond acceptors (Lipinski definition) is 2. The molecule has 0 heterocycles. The van der Waals surface area contributed by atoms with Crippen LogP contribution in [0.3, 0.4) is 0 Å². The minimum atomic E-state index is -3.52. The van der Waals surface area contributed by atoms with E-state index in [-0.39, 0.29) is 16.3 Å². The standard InChI is InChI=1S/C8H9ClFNO2S/c1-11-14(12,13)7-2-3-8(10)6(4-7)5-9/h2-4,11H,5H2,1H3. The van der Waals surface area contributed by atoms with Crippen molar-refractivity contribution in [1.29, 1.82) is 0 Å². The highest BCUT2D eigenvalue weighted by molar-refractivity contribution is 7.89. The Morgan fingerprint density at radius 2 is 2.14 bits per heavy atom. The van der Waals surface area contributed by atoms with Gasteiger partial charge in [0, 0.05) is 5.56 Å². The Labute approximate surface area is 86.9 Å². The van der Waals surface area contributed by atoms with Crippen molar-refractivity contribution in [2.45, 2.75) is 10.8 Å². The molecule has 6 heteroatoms. The number of halogens is 2. The van der Waals surface area contributed by atoms with E-state index in [4.69, 9.17) is 11.6 Å². The summed E-state index contributed by atoms with van der Waals surface area (Å²) in [5.41, 5.74) is 0.169. The summed E-state index contributed by atoms with van der Waals surface area (Å²) in [6.07, 6.45) is 0. The maximum atomic E-state index is 13.0. The maximum Gasteiger partial charge on any atom is 0.240 e. The molecule has 0 radical (unpaired) electrons. The molecule has 0 spiro atoms. The third-order valence-electron chi connectivity index (χ3n) is 1.74. The van der Waals surface area contributed by atoms with Crippen LogP contribution in [-0.2, 0) is 15.9 Å². The first-order valence-electron chi connectivity index (χ1n) is 3.79. The lowest BCUT2D eigenvalue weighted by Gasteiger charge is -2.04. The predicted molar refractivity (Wildman–Crippen MR) is 52.2 cm³/mol. The Bertz CT molecular complexity index is 433. The summed E-state index contributed by atoms with van der Waals surface area (Å²) in [6.45, 7) is 0. The molecule has 14 heavy (non-hydrogen) atoms. The van der Waals surface area contributed by atoms with E-state index in [9.17, 15) is 12.8 Å². The molecule has 0 saturated heterocycles. The van der Waals surface area contributed by atoms with Crippen LogP contribution in [0.2, 0.25) is 0 Å². The third-order valence-corrected chi connectivity index (χ3v) is 3.44. The van der Waals surface area contributed by atoms with Crippen molar-refractivity contribution in [2.24, 2.45) is 0 Å². The van der Waals surface area contributed by atoms with Crippen LogP contribution in [0.5, 0.6) is 0 Å². The minimum absolute atomic E-state index is 0.0112. The topological polar surface area (TPSA) is 46.2 Å². The smallest absolute Gasteiger partial charge is 0.214 e. The first kappa shape index (κ1) is 11.4. The van der Waals surface area contributed by atoms with Gasteiger partial charge >= 0.3 is 0 Å². The SMILES string of the molecule is CNS(=O)(=O)c1ccc(F)c(CCl)c1. The minimum Gasteiger partial charge on any atom is -0.214 e. The molecule has 0 aliphatic carbocycles. The van der Waals surface area contributed by atoms with E-state index in [1.807, 2.05) is 0 Å². The highest BCUT2D eigenvalue weighted by atomic mass is 35.5. The lowest BCUT2D eigenvalue weighted by molar-refractivity contribution is 0.586. The fraction of sp³-hybridized carbons (Fsp3) is 0.250. The Kier molecular flexibility index (Phi) is 3.47. The molecule has 0 fully saturated rings. The fourth-order valence-electron chi connectivity index (χ4n) is 0.939. The van der Waals surface area contributed by atoms with Crippen molar-refractivity contribution in [3.8, 4) is 0 Å². The highest BCUT2D eigenvalue weighted by Crippen LogP contribution is 2.16. The molecule has 78 valence electrons. The van der Waals surface area contributed by atoms with Gasteiger partial charge in [0.2, 0.25) is 10.0 Å². The molecule has 1 N–H and O–H groups in total. The van der Waals surface area contributed by atoms with Crippen LogP contribution in [0, 0.1) is 5.82 Å². The quantitative estimate of drug-likeness (QED) is 0.810. The molecule has 0 amide bonds. The van der Waals surface area contributed by atoms with Gasteiger partial charge in [-0.1, -0.05) is 0 Å². The van der Waals surface area contributed by atoms with Gasteiger partial charge < -0.3 is 0 Å². The van der Waals surface area contributed by atoms with Crippen LogP contribution in [-0.4, -0.2) is 15.5 Å². The zero-order valence-electron chi connectivity index (χ0n) is 7.42. The number of alkyl halides is 1. The number of sulfonamides is 1. The molecule has 0 bridgehead atoms. The molecule has 1 aromatic carbocycles. The molecular weight excluding hydrogens is 229 g/mol. The van der Waals surface area contributed by atoms with Crippen LogP contribution in [0.15, 0.2) is 23.1 Å². The van der Waals surface area contributed by atoms with E-state index in [1.54, 1.807) is 0 Å². The summed E-state index contributed by atoms with van der Waals surface area (Å²) in [7, 11) is -2.23. The van der Waals surface area contributed by atoms with Crippen molar-refractivity contribution < 1.29 is 12.8 Å². The molecule has 0 aliphatic rings. The summed E-state index contributed by atoms with van der Waals surface area (Å²) >= 11 is 5.44. The zero-order chi connectivity index (χ0) is 10.8. The maximum absolute atomic E-state index is 13.0. The Morgan fingerprint density at radius 3 is 2.64 bits per heavy atom. The van der Waals surface area contributed by atoms with E-state index < -0.39 is 15.8 Å². The zero-order valence-corrected chi connectivity index (χ0v) is 8.99. The largest absolute Gasteiger partial charge is 0.240 e. The van der Waals surface area contributed by atoms with Crippen molar-refractivity contribution in [1.82, 2.24) is 4.72 Å². The molecular formula is C8H9ClFNO2S. The van der Waals surface area contributed by atoms with Gasteiger partial charge in [0.05, 0.1) is 10.8 Å². The molecule has 0 aliphatic heterocycles. The summed E-state index contributed by atoms with van der Waals surface area (Å²) in [5, 5.41) is 0. The van der Waals surface area contributed by atoms with E-state index >= 15 is 0 Å². The summed E-state index contributed by atoms with van der Waals surface area (Å²) < 4.78 is 37.7. The van der Waals surface area contributed by atoms with Crippen molar-refractivity contribution in [3.63, 3.8) is 0 Å². The second-order valence-corrected chi connectivity index (χ2v) is 4.75. The van der Waals surface area contributed by atoms with E-state index in [0.717, 1.165) is 6.07 Å². The number of benzene rings is 1. The van der Waals surface area contributed by atoms with Crippen LogP contribution in [0.1, 0.15) is 5.56 Å². The van der Waals surface area contributed by atoms with Crippen LogP contribution < -0.4 is 4.72 Å². The highest BCUT2D eigenvalue weighted by Gasteiger charge is 2.13. The Balaban J connectivity index is 3.26. The van der Waals surface area contributed by atoms with Crippen LogP contribution in [0.4, 0.5) is 4.39 Å². The predicted octanol–water partition coefficient (Wildman–Crippen LogP) is 1.47. The van der Waals surface area contributed by atoms with Gasteiger partial charge in [-0.15, -0.1) is 11.6 Å². The van der Waals surface area contributed by atoms with Gasteiger partial charge in [-0.3, -0.25) is 0 Å². The normalized spacial score (nSPS) is 11.6. The average molecular weight is 238 g/mol. The van der Waals surface area contributed by atoms with E-state index in [2.05, 4.69) is 4.72 Å². The van der Waals surface area contributed by atoms with Crippen molar-refractivity contribution in [3.05, 3.63) is 29.6 Å². The molecule has 0 atom stereocenters. The summed E-state index contributed by atoms with van der Waals surface area (Å²) in [6, 6.07) is 3.49. The number of nitrogens with one attached hydrogen (secondary N) is 1. The van der Waals surface area contributed by atoms with Crippen molar-refractivity contribution >= 4 is 21.6 Å². The summed E-state index contributed by atoms with van der Waals surface area (Å²) in [5.74, 6) is -0.561. The summed E-state index contributed by atoms with van der Waals surface area (Å²) in [4.78, 5) is 0.0112. The van der Waals surface area contributed by atoms with E-state index in [0.29, 0.717) is 0 Å². The fourth-order valence-corrected chi connectivity index (χ4v) is 1.92. The molecule has 3 nitrogen and oxygen atoms in total. The molecule has 1 rings (SSSR count). The van der Waals surface area contributed by atoms with Crippen LogP contribution >= 0.6 is 11.6 Å². The molecule has 0 saturated carbocycles. The molecule has 0 unspecified atom stereocenters. The first-order valence-corrected chi connectivity index (χ1v) is 5.81. The first-order chi connectivity index (χ1) is 6.51. The lowest BCUT2D eigenvalue weighted by atomic mass is 10.2. The van der Waals surface area contributed by atoms with Gasteiger partial charge in [0.1, 0.15) is 5.82 Å².